The molecular weight excluding hydrogens is 423 g/mol. The van der Waals surface area contributed by atoms with E-state index in [1.54, 1.807) is 32.9 Å². The number of nitrogens with zero attached hydrogens (tertiary/aromatic N) is 2. The molecule has 1 saturated heterocycles. The van der Waals surface area contributed by atoms with Gasteiger partial charge in [-0.05, 0) is 69.0 Å². The molecule has 0 bridgehead atoms. The number of ether oxygens (including phenoxy) is 1. The Morgan fingerprint density at radius 3 is 2.44 bits per heavy atom. The molecular formula is C23H26F3N3O3. The highest BCUT2D eigenvalue weighted by atomic mass is 19.4. The van der Waals surface area contributed by atoms with Gasteiger partial charge in [-0.25, -0.2) is 4.79 Å². The Balaban J connectivity index is 1.63. The van der Waals surface area contributed by atoms with Crippen LogP contribution in [0.2, 0.25) is 0 Å². The molecule has 6 nitrogen and oxygen atoms in total. The van der Waals surface area contributed by atoms with Crippen LogP contribution in [0.25, 0.3) is 11.1 Å². The van der Waals surface area contributed by atoms with Crippen LogP contribution in [0.1, 0.15) is 44.9 Å². The maximum atomic E-state index is 12.8. The van der Waals surface area contributed by atoms with Crippen LogP contribution < -0.4 is 5.32 Å². The van der Waals surface area contributed by atoms with E-state index in [-0.39, 0.29) is 12.5 Å². The molecule has 0 saturated carbocycles. The standard InChI is InChI=1S/C23H26F3N3O3/c1-22(2,3)32-21(31)29-12-4-5-19(29)20(30)28-14-18-13-16(10-11-27-18)15-6-8-17(9-7-15)23(24,25)26/h6-11,13,19H,4-5,12,14H2,1-3H3,(H,28,30)/t19-/m0/s1. The van der Waals surface area contributed by atoms with Crippen molar-refractivity contribution < 1.29 is 27.5 Å². The average Bonchev–Trinajstić information content (AvgIpc) is 3.21. The van der Waals surface area contributed by atoms with Crippen LogP contribution in [0.4, 0.5) is 18.0 Å². The van der Waals surface area contributed by atoms with Crippen LogP contribution in [0.5, 0.6) is 0 Å². The molecule has 1 aliphatic rings. The van der Waals surface area contributed by atoms with E-state index in [0.717, 1.165) is 12.1 Å². The molecule has 3 rings (SSSR count). The van der Waals surface area contributed by atoms with Gasteiger partial charge >= 0.3 is 12.3 Å². The van der Waals surface area contributed by atoms with Gasteiger partial charge in [0.15, 0.2) is 0 Å². The third-order valence-electron chi connectivity index (χ3n) is 4.99. The van der Waals surface area contributed by atoms with Crippen molar-refractivity contribution in [3.8, 4) is 11.1 Å². The second kappa shape index (κ2) is 9.18. The van der Waals surface area contributed by atoms with Gasteiger partial charge in [-0.1, -0.05) is 12.1 Å². The summed E-state index contributed by atoms with van der Waals surface area (Å²) < 4.78 is 43.7. The molecule has 1 aromatic heterocycles. The first-order chi connectivity index (χ1) is 14.9. The topological polar surface area (TPSA) is 71.5 Å². The van der Waals surface area contributed by atoms with E-state index in [0.29, 0.717) is 36.2 Å². The fourth-order valence-corrected chi connectivity index (χ4v) is 3.48. The van der Waals surface area contributed by atoms with Gasteiger partial charge in [0.05, 0.1) is 17.8 Å². The summed E-state index contributed by atoms with van der Waals surface area (Å²) in [6, 6.07) is 7.65. The number of halogens is 3. The number of likely N-dealkylation sites (tertiary alicyclic amines) is 1. The van der Waals surface area contributed by atoms with Gasteiger partial charge in [0.2, 0.25) is 5.91 Å². The molecule has 9 heteroatoms. The van der Waals surface area contributed by atoms with Crippen molar-refractivity contribution in [1.82, 2.24) is 15.2 Å². The average molecular weight is 449 g/mol. The molecule has 0 aliphatic carbocycles. The van der Waals surface area contributed by atoms with Crippen molar-refractivity contribution in [2.75, 3.05) is 6.54 Å². The molecule has 0 spiro atoms. The zero-order chi connectivity index (χ0) is 23.5. The molecule has 0 unspecified atom stereocenters. The van der Waals surface area contributed by atoms with Gasteiger partial charge in [-0.15, -0.1) is 0 Å². The van der Waals surface area contributed by atoms with Crippen LogP contribution >= 0.6 is 0 Å². The molecule has 2 heterocycles. The van der Waals surface area contributed by atoms with Gasteiger partial charge in [-0.3, -0.25) is 14.7 Å². The van der Waals surface area contributed by atoms with E-state index in [9.17, 15) is 22.8 Å². The number of pyridine rings is 1. The summed E-state index contributed by atoms with van der Waals surface area (Å²) in [6.07, 6.45) is -2.11. The maximum absolute atomic E-state index is 12.8. The van der Waals surface area contributed by atoms with Crippen molar-refractivity contribution in [3.63, 3.8) is 0 Å². The maximum Gasteiger partial charge on any atom is 0.416 e. The largest absolute Gasteiger partial charge is 0.444 e. The van der Waals surface area contributed by atoms with Gasteiger partial charge in [0.25, 0.3) is 0 Å². The predicted molar refractivity (Wildman–Crippen MR) is 112 cm³/mol. The van der Waals surface area contributed by atoms with Crippen molar-refractivity contribution in [2.24, 2.45) is 0 Å². The highest BCUT2D eigenvalue weighted by molar-refractivity contribution is 5.86. The quantitative estimate of drug-likeness (QED) is 0.729. The van der Waals surface area contributed by atoms with Gasteiger partial charge in [0, 0.05) is 12.7 Å². The second-order valence-electron chi connectivity index (χ2n) is 8.66. The van der Waals surface area contributed by atoms with E-state index < -0.39 is 29.5 Å². The number of aromatic nitrogens is 1. The van der Waals surface area contributed by atoms with Crippen LogP contribution in [0.3, 0.4) is 0 Å². The minimum absolute atomic E-state index is 0.131. The Hall–Kier alpha value is -3.10. The zero-order valence-electron chi connectivity index (χ0n) is 18.2. The van der Waals surface area contributed by atoms with E-state index in [1.165, 1.54) is 23.2 Å². The fraction of sp³-hybridized carbons (Fsp3) is 0.435. The van der Waals surface area contributed by atoms with Crippen molar-refractivity contribution in [1.29, 1.82) is 0 Å². The summed E-state index contributed by atoms with van der Waals surface area (Å²) in [5.74, 6) is -0.296. The van der Waals surface area contributed by atoms with E-state index in [1.807, 2.05) is 0 Å². The molecule has 1 atom stereocenters. The summed E-state index contributed by atoms with van der Waals surface area (Å²) in [5, 5.41) is 2.80. The zero-order valence-corrected chi connectivity index (χ0v) is 18.2. The molecule has 1 fully saturated rings. The SMILES string of the molecule is CC(C)(C)OC(=O)N1CCC[C@H]1C(=O)NCc1cc(-c2ccc(C(F)(F)F)cc2)ccn1. The van der Waals surface area contributed by atoms with Crippen LogP contribution in [0, 0.1) is 0 Å². The van der Waals surface area contributed by atoms with Crippen molar-refractivity contribution >= 4 is 12.0 Å². The lowest BCUT2D eigenvalue weighted by Crippen LogP contribution is -2.47. The number of hydrogen-bond acceptors (Lipinski definition) is 4. The van der Waals surface area contributed by atoms with Crippen LogP contribution in [-0.2, 0) is 22.3 Å². The number of benzene rings is 1. The van der Waals surface area contributed by atoms with E-state index >= 15 is 0 Å². The fourth-order valence-electron chi connectivity index (χ4n) is 3.48. The molecule has 32 heavy (non-hydrogen) atoms. The highest BCUT2D eigenvalue weighted by Crippen LogP contribution is 2.31. The third kappa shape index (κ3) is 5.99. The smallest absolute Gasteiger partial charge is 0.416 e. The lowest BCUT2D eigenvalue weighted by atomic mass is 10.0. The summed E-state index contributed by atoms with van der Waals surface area (Å²) >= 11 is 0. The minimum Gasteiger partial charge on any atom is -0.444 e. The van der Waals surface area contributed by atoms with Crippen LogP contribution in [-0.4, -0.2) is 40.1 Å². The number of amides is 2. The number of carbonyl (C=O) groups excluding carboxylic acids is 2. The number of hydrogen-bond donors (Lipinski definition) is 1. The molecule has 1 N–H and O–H groups in total. The van der Waals surface area contributed by atoms with E-state index in [4.69, 9.17) is 4.74 Å². The number of alkyl halides is 3. The minimum atomic E-state index is -4.39. The molecule has 0 radical (unpaired) electrons. The highest BCUT2D eigenvalue weighted by Gasteiger charge is 2.36. The lowest BCUT2D eigenvalue weighted by molar-refractivity contribution is -0.137. The van der Waals surface area contributed by atoms with Gasteiger partial charge in [0.1, 0.15) is 11.6 Å². The lowest BCUT2D eigenvalue weighted by Gasteiger charge is -2.28. The monoisotopic (exact) mass is 449 g/mol. The Kier molecular flexibility index (Phi) is 6.76. The summed E-state index contributed by atoms with van der Waals surface area (Å²) in [6.45, 7) is 5.89. The first-order valence-corrected chi connectivity index (χ1v) is 10.3. The van der Waals surface area contributed by atoms with E-state index in [2.05, 4.69) is 10.3 Å². The molecule has 2 aromatic rings. The first kappa shape index (κ1) is 23.6. The molecule has 1 aromatic carbocycles. The summed E-state index contributed by atoms with van der Waals surface area (Å²) in [7, 11) is 0. The molecule has 2 amide bonds. The Bertz CT molecular complexity index is 969. The summed E-state index contributed by atoms with van der Waals surface area (Å²) in [5.41, 5.74) is 0.490. The number of rotatable bonds is 4. The molecule has 172 valence electrons. The Labute approximate surface area is 184 Å². The Morgan fingerprint density at radius 2 is 1.81 bits per heavy atom. The Morgan fingerprint density at radius 1 is 1.12 bits per heavy atom. The van der Waals surface area contributed by atoms with Crippen molar-refractivity contribution in [3.05, 3.63) is 53.9 Å². The number of carbonyl (C=O) groups is 2. The van der Waals surface area contributed by atoms with Gasteiger partial charge in [-0.2, -0.15) is 13.2 Å². The normalized spacial score (nSPS) is 16.7. The second-order valence-corrected chi connectivity index (χ2v) is 8.66. The third-order valence-corrected chi connectivity index (χ3v) is 4.99. The molecule has 1 aliphatic heterocycles. The van der Waals surface area contributed by atoms with Crippen molar-refractivity contribution in [2.45, 2.75) is 58.0 Å². The van der Waals surface area contributed by atoms with Gasteiger partial charge < -0.3 is 10.1 Å². The summed E-state index contributed by atoms with van der Waals surface area (Å²) in [4.78, 5) is 30.7. The van der Waals surface area contributed by atoms with Crippen LogP contribution in [0.15, 0.2) is 42.6 Å². The number of nitrogens with one attached hydrogen (secondary N) is 1. The predicted octanol–water partition coefficient (Wildman–Crippen LogP) is 4.78. The first-order valence-electron chi connectivity index (χ1n) is 10.3.